The highest BCUT2D eigenvalue weighted by molar-refractivity contribution is 5.66. The van der Waals surface area contributed by atoms with E-state index < -0.39 is 0 Å². The molecule has 3 atom stereocenters. The number of rotatable bonds is 1. The summed E-state index contributed by atoms with van der Waals surface area (Å²) in [5, 5.41) is 0. The van der Waals surface area contributed by atoms with Crippen molar-refractivity contribution in [1.82, 2.24) is 0 Å². The van der Waals surface area contributed by atoms with Crippen molar-refractivity contribution in [2.24, 2.45) is 11.3 Å². The first-order valence-electron chi connectivity index (χ1n) is 5.75. The summed E-state index contributed by atoms with van der Waals surface area (Å²) >= 11 is 0. The van der Waals surface area contributed by atoms with Gasteiger partial charge in [-0.3, -0.25) is 4.79 Å². The van der Waals surface area contributed by atoms with E-state index in [9.17, 15) is 4.79 Å². The molecule has 0 saturated heterocycles. The molecular weight excluding hydrogens is 176 g/mol. The second kappa shape index (κ2) is 3.56. The molecule has 2 fully saturated rings. The highest BCUT2D eigenvalue weighted by Crippen LogP contribution is 2.49. The SMILES string of the molecule is CC(=O)OC1CC2CCC[C@](C)(C2)C1. The van der Waals surface area contributed by atoms with E-state index in [1.54, 1.807) is 0 Å². The lowest BCUT2D eigenvalue weighted by molar-refractivity contribution is -0.152. The number of carbonyl (C=O) groups is 1. The van der Waals surface area contributed by atoms with Crippen LogP contribution in [0, 0.1) is 11.3 Å². The van der Waals surface area contributed by atoms with Gasteiger partial charge in [0.15, 0.2) is 0 Å². The Morgan fingerprint density at radius 1 is 1.43 bits per heavy atom. The van der Waals surface area contributed by atoms with Crippen molar-refractivity contribution in [2.45, 2.75) is 58.5 Å². The van der Waals surface area contributed by atoms with Gasteiger partial charge < -0.3 is 4.74 Å². The van der Waals surface area contributed by atoms with E-state index in [1.165, 1.54) is 32.6 Å². The molecule has 2 aliphatic rings. The third kappa shape index (κ3) is 2.10. The van der Waals surface area contributed by atoms with Crippen LogP contribution in [0.25, 0.3) is 0 Å². The molecule has 2 saturated carbocycles. The predicted molar refractivity (Wildman–Crippen MR) is 54.9 cm³/mol. The normalized spacial score (nSPS) is 41.9. The molecule has 2 aliphatic carbocycles. The van der Waals surface area contributed by atoms with Crippen LogP contribution < -0.4 is 0 Å². The van der Waals surface area contributed by atoms with Crippen LogP contribution in [0.5, 0.6) is 0 Å². The second-order valence-corrected chi connectivity index (χ2v) is 5.44. The summed E-state index contributed by atoms with van der Waals surface area (Å²) in [6.07, 6.45) is 7.78. The highest BCUT2D eigenvalue weighted by Gasteiger charge is 2.40. The highest BCUT2D eigenvalue weighted by atomic mass is 16.5. The standard InChI is InChI=1S/C12H20O2/c1-9(13)14-11-6-10-4-3-5-12(2,7-10)8-11/h10-11H,3-8H2,1-2H3/t10?,11?,12-/m1/s1. The molecule has 2 heteroatoms. The fourth-order valence-corrected chi connectivity index (χ4v) is 3.43. The van der Waals surface area contributed by atoms with Crippen LogP contribution in [-0.2, 0) is 9.53 Å². The van der Waals surface area contributed by atoms with Crippen LogP contribution in [0.2, 0.25) is 0 Å². The van der Waals surface area contributed by atoms with Gasteiger partial charge in [0, 0.05) is 6.92 Å². The molecule has 2 rings (SSSR count). The van der Waals surface area contributed by atoms with Gasteiger partial charge in [-0.05, 0) is 37.0 Å². The summed E-state index contributed by atoms with van der Waals surface area (Å²) in [7, 11) is 0. The van der Waals surface area contributed by atoms with E-state index >= 15 is 0 Å². The van der Waals surface area contributed by atoms with Crippen LogP contribution in [-0.4, -0.2) is 12.1 Å². The number of hydrogen-bond donors (Lipinski definition) is 0. The monoisotopic (exact) mass is 196 g/mol. The number of carbonyl (C=O) groups excluding carboxylic acids is 1. The van der Waals surface area contributed by atoms with E-state index in [0.717, 1.165) is 18.8 Å². The molecule has 0 aliphatic heterocycles. The van der Waals surface area contributed by atoms with Crippen molar-refractivity contribution in [3.05, 3.63) is 0 Å². The maximum Gasteiger partial charge on any atom is 0.302 e. The molecule has 0 N–H and O–H groups in total. The first-order valence-corrected chi connectivity index (χ1v) is 5.75. The summed E-state index contributed by atoms with van der Waals surface area (Å²) in [4.78, 5) is 10.9. The molecule has 0 aromatic rings. The number of fused-ring (bicyclic) bond motifs is 2. The van der Waals surface area contributed by atoms with Crippen molar-refractivity contribution in [3.63, 3.8) is 0 Å². The lowest BCUT2D eigenvalue weighted by atomic mass is 9.62. The maximum atomic E-state index is 10.9. The lowest BCUT2D eigenvalue weighted by Crippen LogP contribution is -2.38. The lowest BCUT2D eigenvalue weighted by Gasteiger charge is -2.45. The van der Waals surface area contributed by atoms with Gasteiger partial charge in [0.1, 0.15) is 6.10 Å². The Bertz CT molecular complexity index is 236. The molecular formula is C12H20O2. The largest absolute Gasteiger partial charge is 0.463 e. The molecule has 2 nitrogen and oxygen atoms in total. The predicted octanol–water partition coefficient (Wildman–Crippen LogP) is 2.91. The fraction of sp³-hybridized carbons (Fsp3) is 0.917. The zero-order chi connectivity index (χ0) is 10.2. The number of ether oxygens (including phenoxy) is 1. The summed E-state index contributed by atoms with van der Waals surface area (Å²) in [6, 6.07) is 0. The Labute approximate surface area is 86.0 Å². The third-order valence-corrected chi connectivity index (χ3v) is 3.82. The summed E-state index contributed by atoms with van der Waals surface area (Å²) in [5.74, 6) is 0.699. The Balaban J connectivity index is 2.00. The Kier molecular flexibility index (Phi) is 2.54. The van der Waals surface area contributed by atoms with Crippen molar-refractivity contribution >= 4 is 5.97 Å². The molecule has 0 aromatic heterocycles. The molecule has 14 heavy (non-hydrogen) atoms. The molecule has 0 aromatic carbocycles. The molecule has 0 amide bonds. The van der Waals surface area contributed by atoms with Crippen LogP contribution in [0.3, 0.4) is 0 Å². The molecule has 80 valence electrons. The van der Waals surface area contributed by atoms with E-state index in [4.69, 9.17) is 4.74 Å². The van der Waals surface area contributed by atoms with E-state index in [2.05, 4.69) is 6.92 Å². The van der Waals surface area contributed by atoms with Crippen LogP contribution in [0.15, 0.2) is 0 Å². The maximum absolute atomic E-state index is 10.9. The van der Waals surface area contributed by atoms with Crippen molar-refractivity contribution in [3.8, 4) is 0 Å². The van der Waals surface area contributed by atoms with Gasteiger partial charge >= 0.3 is 5.97 Å². The minimum atomic E-state index is -0.112. The average Bonchev–Trinajstić information content (AvgIpc) is 1.99. The summed E-state index contributed by atoms with van der Waals surface area (Å²) in [5.41, 5.74) is 0.460. The minimum absolute atomic E-state index is 0.112. The topological polar surface area (TPSA) is 26.3 Å². The first-order chi connectivity index (χ1) is 6.57. The van der Waals surface area contributed by atoms with Crippen molar-refractivity contribution in [2.75, 3.05) is 0 Å². The van der Waals surface area contributed by atoms with Gasteiger partial charge in [0.05, 0.1) is 0 Å². The Hall–Kier alpha value is -0.530. The average molecular weight is 196 g/mol. The fourth-order valence-electron chi connectivity index (χ4n) is 3.43. The van der Waals surface area contributed by atoms with Gasteiger partial charge in [0.25, 0.3) is 0 Å². The van der Waals surface area contributed by atoms with Crippen LogP contribution in [0.4, 0.5) is 0 Å². The van der Waals surface area contributed by atoms with E-state index in [-0.39, 0.29) is 12.1 Å². The van der Waals surface area contributed by atoms with Gasteiger partial charge in [-0.1, -0.05) is 19.8 Å². The van der Waals surface area contributed by atoms with E-state index in [1.807, 2.05) is 0 Å². The van der Waals surface area contributed by atoms with Crippen LogP contribution in [0.1, 0.15) is 52.4 Å². The quantitative estimate of drug-likeness (QED) is 0.603. The molecule has 0 spiro atoms. The van der Waals surface area contributed by atoms with Crippen molar-refractivity contribution in [1.29, 1.82) is 0 Å². The minimum Gasteiger partial charge on any atom is -0.463 e. The zero-order valence-corrected chi connectivity index (χ0v) is 9.21. The molecule has 0 radical (unpaired) electrons. The molecule has 2 bridgehead atoms. The first kappa shape index (κ1) is 10.0. The van der Waals surface area contributed by atoms with Gasteiger partial charge in [-0.15, -0.1) is 0 Å². The molecule has 2 unspecified atom stereocenters. The van der Waals surface area contributed by atoms with Gasteiger partial charge in [-0.2, -0.15) is 0 Å². The summed E-state index contributed by atoms with van der Waals surface area (Å²) < 4.78 is 5.35. The Morgan fingerprint density at radius 3 is 2.86 bits per heavy atom. The Morgan fingerprint density at radius 2 is 2.21 bits per heavy atom. The smallest absolute Gasteiger partial charge is 0.302 e. The van der Waals surface area contributed by atoms with Gasteiger partial charge in [-0.25, -0.2) is 0 Å². The number of hydrogen-bond acceptors (Lipinski definition) is 2. The van der Waals surface area contributed by atoms with Crippen molar-refractivity contribution < 1.29 is 9.53 Å². The van der Waals surface area contributed by atoms with E-state index in [0.29, 0.717) is 5.41 Å². The van der Waals surface area contributed by atoms with Gasteiger partial charge in [0.2, 0.25) is 0 Å². The van der Waals surface area contributed by atoms with Crippen LogP contribution >= 0.6 is 0 Å². The summed E-state index contributed by atoms with van der Waals surface area (Å²) in [6.45, 7) is 3.88. The zero-order valence-electron chi connectivity index (χ0n) is 9.21. The third-order valence-electron chi connectivity index (χ3n) is 3.82. The second-order valence-electron chi connectivity index (χ2n) is 5.44. The number of esters is 1. The molecule has 0 heterocycles.